The molecule has 0 aromatic carbocycles. The van der Waals surface area contributed by atoms with E-state index in [-0.39, 0.29) is 23.9 Å². The second kappa shape index (κ2) is 8.46. The fraction of sp³-hybridized carbons (Fsp3) is 0.857. The largest absolute Gasteiger partial charge is 0.343 e. The third kappa shape index (κ3) is 4.71. The average Bonchev–Trinajstić information content (AvgIpc) is 2.39. The monoisotopic (exact) mass is 286 g/mol. The lowest BCUT2D eigenvalue weighted by Crippen LogP contribution is -2.62. The van der Waals surface area contributed by atoms with Crippen molar-refractivity contribution in [2.24, 2.45) is 0 Å². The van der Waals surface area contributed by atoms with E-state index in [9.17, 15) is 9.59 Å². The maximum atomic E-state index is 12.1. The number of hydrogen-bond acceptors (Lipinski definition) is 3. The minimum absolute atomic E-state index is 0.00279. The predicted molar refractivity (Wildman–Crippen MR) is 80.2 cm³/mol. The van der Waals surface area contributed by atoms with Crippen LogP contribution in [0.2, 0.25) is 0 Å². The minimum atomic E-state index is -0.369. The van der Waals surface area contributed by atoms with E-state index in [0.29, 0.717) is 13.0 Å². The molecule has 0 bridgehead atoms. The Morgan fingerprint density at radius 2 is 1.89 bits per heavy atom. The molecule has 0 saturated carbocycles. The Balaban J connectivity index is 2.39. The summed E-state index contributed by atoms with van der Waals surface area (Å²) in [4.78, 5) is 25.7. The summed E-state index contributed by atoms with van der Waals surface area (Å²) in [5.74, 6) is 1.27. The third-order valence-electron chi connectivity index (χ3n) is 3.58. The van der Waals surface area contributed by atoms with E-state index >= 15 is 0 Å². The predicted octanol–water partition coefficient (Wildman–Crippen LogP) is 2.04. The SMILES string of the molecule is CCC1C(=O)NC(C)C(=O)N1CCCCCCSC. The van der Waals surface area contributed by atoms with Crippen molar-refractivity contribution in [1.29, 1.82) is 0 Å². The second-order valence-corrected chi connectivity index (χ2v) is 6.08. The molecule has 0 spiro atoms. The van der Waals surface area contributed by atoms with E-state index in [2.05, 4.69) is 11.6 Å². The quantitative estimate of drug-likeness (QED) is 0.695. The fourth-order valence-corrected chi connectivity index (χ4v) is 2.96. The van der Waals surface area contributed by atoms with Crippen molar-refractivity contribution in [1.82, 2.24) is 10.2 Å². The molecule has 2 amide bonds. The molecular weight excluding hydrogens is 260 g/mol. The van der Waals surface area contributed by atoms with Gasteiger partial charge in [-0.15, -0.1) is 0 Å². The van der Waals surface area contributed by atoms with Crippen molar-refractivity contribution >= 4 is 23.6 Å². The molecule has 2 unspecified atom stereocenters. The second-order valence-electron chi connectivity index (χ2n) is 5.09. The van der Waals surface area contributed by atoms with Gasteiger partial charge in [0.05, 0.1) is 0 Å². The van der Waals surface area contributed by atoms with Crippen LogP contribution in [0.4, 0.5) is 0 Å². The first kappa shape index (κ1) is 16.3. The first-order valence-corrected chi connectivity index (χ1v) is 8.61. The number of thioether (sulfide) groups is 1. The topological polar surface area (TPSA) is 49.4 Å². The number of carbonyl (C=O) groups is 2. The van der Waals surface area contributed by atoms with Crippen LogP contribution in [0, 0.1) is 0 Å². The highest BCUT2D eigenvalue weighted by Gasteiger charge is 2.36. The highest BCUT2D eigenvalue weighted by Crippen LogP contribution is 2.15. The van der Waals surface area contributed by atoms with Gasteiger partial charge in [0.2, 0.25) is 11.8 Å². The number of nitrogens with zero attached hydrogens (tertiary/aromatic N) is 1. The molecule has 5 heteroatoms. The molecule has 2 atom stereocenters. The van der Waals surface area contributed by atoms with E-state index in [1.807, 2.05) is 18.7 Å². The summed E-state index contributed by atoms with van der Waals surface area (Å²) in [6.45, 7) is 4.44. The van der Waals surface area contributed by atoms with Gasteiger partial charge in [-0.1, -0.05) is 19.8 Å². The van der Waals surface area contributed by atoms with E-state index in [1.54, 1.807) is 11.8 Å². The van der Waals surface area contributed by atoms with Gasteiger partial charge in [0.15, 0.2) is 0 Å². The molecule has 1 fully saturated rings. The van der Waals surface area contributed by atoms with Crippen molar-refractivity contribution in [2.45, 2.75) is 58.0 Å². The van der Waals surface area contributed by atoms with Crippen LogP contribution in [0.5, 0.6) is 0 Å². The van der Waals surface area contributed by atoms with Crippen LogP contribution in [0.3, 0.4) is 0 Å². The molecule has 1 rings (SSSR count). The molecule has 4 nitrogen and oxygen atoms in total. The van der Waals surface area contributed by atoms with Gasteiger partial charge in [-0.25, -0.2) is 0 Å². The van der Waals surface area contributed by atoms with Gasteiger partial charge in [-0.05, 0) is 38.2 Å². The summed E-state index contributed by atoms with van der Waals surface area (Å²) in [5, 5.41) is 2.75. The van der Waals surface area contributed by atoms with Gasteiger partial charge in [0.1, 0.15) is 12.1 Å². The molecular formula is C14H26N2O2S. The number of amides is 2. The maximum absolute atomic E-state index is 12.1. The van der Waals surface area contributed by atoms with E-state index in [4.69, 9.17) is 0 Å². The molecule has 1 N–H and O–H groups in total. The number of carbonyl (C=O) groups excluding carboxylic acids is 2. The lowest BCUT2D eigenvalue weighted by molar-refractivity contribution is -0.149. The van der Waals surface area contributed by atoms with Crippen molar-refractivity contribution in [2.75, 3.05) is 18.6 Å². The Hall–Kier alpha value is -0.710. The first-order chi connectivity index (χ1) is 9.11. The highest BCUT2D eigenvalue weighted by molar-refractivity contribution is 7.98. The van der Waals surface area contributed by atoms with Crippen molar-refractivity contribution < 1.29 is 9.59 Å². The van der Waals surface area contributed by atoms with Crippen LogP contribution < -0.4 is 5.32 Å². The Kier molecular flexibility index (Phi) is 7.28. The number of hydrogen-bond donors (Lipinski definition) is 1. The Morgan fingerprint density at radius 1 is 1.21 bits per heavy atom. The molecule has 110 valence electrons. The molecule has 1 saturated heterocycles. The number of unbranched alkanes of at least 4 members (excludes halogenated alkanes) is 3. The zero-order valence-corrected chi connectivity index (χ0v) is 13.1. The number of piperazine rings is 1. The number of rotatable bonds is 8. The van der Waals surface area contributed by atoms with E-state index < -0.39 is 0 Å². The lowest BCUT2D eigenvalue weighted by Gasteiger charge is -2.37. The molecule has 1 aliphatic heterocycles. The van der Waals surface area contributed by atoms with Gasteiger partial charge in [0, 0.05) is 6.54 Å². The molecule has 19 heavy (non-hydrogen) atoms. The van der Waals surface area contributed by atoms with Gasteiger partial charge < -0.3 is 10.2 Å². The summed E-state index contributed by atoms with van der Waals surface area (Å²) in [7, 11) is 0. The van der Waals surface area contributed by atoms with Crippen molar-refractivity contribution in [3.8, 4) is 0 Å². The standard InChI is InChI=1S/C14H26N2O2S/c1-4-12-13(17)15-11(2)14(18)16(12)9-7-5-6-8-10-19-3/h11-12H,4-10H2,1-3H3,(H,15,17). The van der Waals surface area contributed by atoms with Gasteiger partial charge in [0.25, 0.3) is 0 Å². The normalized spacial score (nSPS) is 23.6. The maximum Gasteiger partial charge on any atom is 0.245 e. The zero-order valence-electron chi connectivity index (χ0n) is 12.3. The average molecular weight is 286 g/mol. The van der Waals surface area contributed by atoms with Crippen LogP contribution in [-0.2, 0) is 9.59 Å². The smallest absolute Gasteiger partial charge is 0.245 e. The van der Waals surface area contributed by atoms with E-state index in [1.165, 1.54) is 18.6 Å². The van der Waals surface area contributed by atoms with Crippen LogP contribution >= 0.6 is 11.8 Å². The Morgan fingerprint density at radius 3 is 2.53 bits per heavy atom. The zero-order chi connectivity index (χ0) is 14.3. The molecule has 0 aromatic heterocycles. The van der Waals surface area contributed by atoms with Crippen molar-refractivity contribution in [3.63, 3.8) is 0 Å². The van der Waals surface area contributed by atoms with Crippen molar-refractivity contribution in [3.05, 3.63) is 0 Å². The summed E-state index contributed by atoms with van der Waals surface area (Å²) in [6.07, 6.45) is 7.40. The van der Waals surface area contributed by atoms with Crippen LogP contribution in [0.15, 0.2) is 0 Å². The summed E-state index contributed by atoms with van der Waals surface area (Å²) in [6, 6.07) is -0.637. The van der Waals surface area contributed by atoms with Gasteiger partial charge in [-0.3, -0.25) is 9.59 Å². The number of nitrogens with one attached hydrogen (secondary N) is 1. The fourth-order valence-electron chi connectivity index (χ4n) is 2.47. The van der Waals surface area contributed by atoms with Crippen LogP contribution in [-0.4, -0.2) is 47.4 Å². The molecule has 1 aliphatic rings. The van der Waals surface area contributed by atoms with E-state index in [0.717, 1.165) is 12.8 Å². The molecule has 1 heterocycles. The Labute approximate surface area is 120 Å². The highest BCUT2D eigenvalue weighted by atomic mass is 32.2. The summed E-state index contributed by atoms with van der Waals surface area (Å²) < 4.78 is 0. The Bertz CT molecular complexity index is 310. The summed E-state index contributed by atoms with van der Waals surface area (Å²) >= 11 is 1.88. The molecule has 0 aromatic rings. The minimum Gasteiger partial charge on any atom is -0.343 e. The van der Waals surface area contributed by atoms with Gasteiger partial charge >= 0.3 is 0 Å². The van der Waals surface area contributed by atoms with Crippen LogP contribution in [0.25, 0.3) is 0 Å². The lowest BCUT2D eigenvalue weighted by atomic mass is 10.0. The molecule has 0 aliphatic carbocycles. The third-order valence-corrected chi connectivity index (χ3v) is 4.27. The van der Waals surface area contributed by atoms with Gasteiger partial charge in [-0.2, -0.15) is 11.8 Å². The molecule has 0 radical (unpaired) electrons. The van der Waals surface area contributed by atoms with Crippen LogP contribution in [0.1, 0.15) is 46.0 Å². The summed E-state index contributed by atoms with van der Waals surface area (Å²) in [5.41, 5.74) is 0. The first-order valence-electron chi connectivity index (χ1n) is 7.21.